The van der Waals surface area contributed by atoms with E-state index >= 15 is 0 Å². The summed E-state index contributed by atoms with van der Waals surface area (Å²) in [5.74, 6) is -0.0218. The second kappa shape index (κ2) is 8.28. The summed E-state index contributed by atoms with van der Waals surface area (Å²) in [4.78, 5) is 0. The van der Waals surface area contributed by atoms with Crippen LogP contribution in [0.1, 0.15) is 37.8 Å². The zero-order valence-electron chi connectivity index (χ0n) is 14.9. The molecule has 1 aromatic carbocycles. The number of rotatable bonds is 9. The number of hydrogen-bond donors (Lipinski definition) is 1. The lowest BCUT2D eigenvalue weighted by atomic mass is 10.0. The van der Waals surface area contributed by atoms with Gasteiger partial charge in [-0.2, -0.15) is 0 Å². The molecule has 0 bridgehead atoms. The molecular formula is C16H23N3O5S2. The predicted octanol–water partition coefficient (Wildman–Crippen LogP) is 1.72. The molecule has 10 heteroatoms. The largest absolute Gasteiger partial charge is 0.411 e. The Bertz CT molecular complexity index is 922. The van der Waals surface area contributed by atoms with Crippen molar-refractivity contribution in [3.8, 4) is 0 Å². The summed E-state index contributed by atoms with van der Waals surface area (Å²) < 4.78 is 55.6. The zero-order chi connectivity index (χ0) is 19.4. The molecule has 144 valence electrons. The third-order valence-electron chi connectivity index (χ3n) is 3.57. The summed E-state index contributed by atoms with van der Waals surface area (Å²) in [5, 5.41) is 6.69. The van der Waals surface area contributed by atoms with Crippen molar-refractivity contribution in [2.45, 2.75) is 38.0 Å². The lowest BCUT2D eigenvalue weighted by molar-refractivity contribution is 0.340. The first-order valence-electron chi connectivity index (χ1n) is 8.14. The number of hydrogen-bond acceptors (Lipinski definition) is 7. The van der Waals surface area contributed by atoms with Gasteiger partial charge in [-0.05, 0) is 24.3 Å². The standard InChI is InChI=1S/C16H23N3O5S2/c1-12(2)11-14(15-17-18-16(24-15)25(3,20)21)19-26(22,23)10-9-13-7-5-4-6-8-13/h4-8,12,14,19H,9-11H2,1-3H3/t14-/m0/s1. The van der Waals surface area contributed by atoms with Gasteiger partial charge in [0.05, 0.1) is 5.75 Å². The topological polar surface area (TPSA) is 119 Å². The smallest absolute Gasteiger partial charge is 0.335 e. The number of aryl methyl sites for hydroxylation is 1. The Morgan fingerprint density at radius 1 is 1.08 bits per heavy atom. The molecular weight excluding hydrogens is 378 g/mol. The van der Waals surface area contributed by atoms with Crippen LogP contribution in [0, 0.1) is 5.92 Å². The van der Waals surface area contributed by atoms with Gasteiger partial charge in [-0.25, -0.2) is 21.6 Å². The van der Waals surface area contributed by atoms with Crippen LogP contribution in [0.2, 0.25) is 0 Å². The van der Waals surface area contributed by atoms with Crippen molar-refractivity contribution in [2.75, 3.05) is 12.0 Å². The molecule has 0 unspecified atom stereocenters. The number of sulfone groups is 1. The molecule has 2 rings (SSSR count). The highest BCUT2D eigenvalue weighted by Crippen LogP contribution is 2.22. The quantitative estimate of drug-likeness (QED) is 0.679. The minimum Gasteiger partial charge on any atom is -0.411 e. The summed E-state index contributed by atoms with van der Waals surface area (Å²) in [6, 6.07) is 8.50. The van der Waals surface area contributed by atoms with Crippen molar-refractivity contribution in [2.24, 2.45) is 5.92 Å². The van der Waals surface area contributed by atoms with Gasteiger partial charge in [0.15, 0.2) is 0 Å². The van der Waals surface area contributed by atoms with Crippen LogP contribution in [-0.4, -0.2) is 39.0 Å². The maximum absolute atomic E-state index is 12.5. The minimum absolute atomic E-state index is 0.0533. The van der Waals surface area contributed by atoms with Crippen LogP contribution in [0.3, 0.4) is 0 Å². The molecule has 0 fully saturated rings. The van der Waals surface area contributed by atoms with E-state index in [1.165, 1.54) is 0 Å². The molecule has 1 aromatic heterocycles. The van der Waals surface area contributed by atoms with Crippen molar-refractivity contribution in [3.05, 3.63) is 41.8 Å². The van der Waals surface area contributed by atoms with E-state index in [9.17, 15) is 16.8 Å². The number of nitrogens with one attached hydrogen (secondary N) is 1. The second-order valence-electron chi connectivity index (χ2n) is 6.53. The van der Waals surface area contributed by atoms with Crippen LogP contribution in [0.25, 0.3) is 0 Å². The highest BCUT2D eigenvalue weighted by Gasteiger charge is 2.27. The molecule has 1 N–H and O–H groups in total. The first-order chi connectivity index (χ1) is 12.1. The van der Waals surface area contributed by atoms with Crippen LogP contribution in [0.15, 0.2) is 40.0 Å². The van der Waals surface area contributed by atoms with Gasteiger partial charge in [-0.3, -0.25) is 0 Å². The Balaban J connectivity index is 2.15. The molecule has 26 heavy (non-hydrogen) atoms. The van der Waals surface area contributed by atoms with Gasteiger partial charge < -0.3 is 4.42 Å². The lowest BCUT2D eigenvalue weighted by Crippen LogP contribution is -2.32. The fourth-order valence-corrected chi connectivity index (χ4v) is 4.03. The summed E-state index contributed by atoms with van der Waals surface area (Å²) in [6.45, 7) is 3.83. The molecule has 0 aliphatic carbocycles. The van der Waals surface area contributed by atoms with E-state index in [0.717, 1.165) is 11.8 Å². The molecule has 0 radical (unpaired) electrons. The molecule has 0 aliphatic rings. The Morgan fingerprint density at radius 3 is 2.27 bits per heavy atom. The number of nitrogens with zero attached hydrogens (tertiary/aromatic N) is 2. The SMILES string of the molecule is CC(C)C[C@H](NS(=O)(=O)CCc1ccccc1)c1nnc(S(C)(=O)=O)o1. The predicted molar refractivity (Wildman–Crippen MR) is 96.7 cm³/mol. The maximum Gasteiger partial charge on any atom is 0.335 e. The Hall–Kier alpha value is -1.78. The molecule has 2 aromatic rings. The molecule has 0 amide bonds. The fraction of sp³-hybridized carbons (Fsp3) is 0.500. The zero-order valence-corrected chi connectivity index (χ0v) is 16.5. The highest BCUT2D eigenvalue weighted by molar-refractivity contribution is 7.90. The first kappa shape index (κ1) is 20.5. The van der Waals surface area contributed by atoms with E-state index < -0.39 is 31.1 Å². The number of aromatic nitrogens is 2. The van der Waals surface area contributed by atoms with E-state index in [1.807, 2.05) is 44.2 Å². The molecule has 8 nitrogen and oxygen atoms in total. The fourth-order valence-electron chi connectivity index (χ4n) is 2.35. The van der Waals surface area contributed by atoms with Crippen molar-refractivity contribution in [3.63, 3.8) is 0 Å². The van der Waals surface area contributed by atoms with Gasteiger partial charge in [0.1, 0.15) is 6.04 Å². The van der Waals surface area contributed by atoms with Gasteiger partial charge in [0.25, 0.3) is 0 Å². The Kier molecular flexibility index (Phi) is 6.53. The number of sulfonamides is 1. The van der Waals surface area contributed by atoms with Crippen molar-refractivity contribution < 1.29 is 21.3 Å². The maximum atomic E-state index is 12.5. The van der Waals surface area contributed by atoms with Gasteiger partial charge in [-0.1, -0.05) is 49.3 Å². The molecule has 1 atom stereocenters. The van der Waals surface area contributed by atoms with Gasteiger partial charge >= 0.3 is 5.22 Å². The molecule has 1 heterocycles. The normalized spacial score (nSPS) is 13.8. The number of benzene rings is 1. The molecule has 0 aliphatic heterocycles. The molecule has 0 saturated carbocycles. The van der Waals surface area contributed by atoms with Crippen molar-refractivity contribution in [1.82, 2.24) is 14.9 Å². The van der Waals surface area contributed by atoms with E-state index in [1.54, 1.807) is 0 Å². The van der Waals surface area contributed by atoms with Gasteiger partial charge in [0, 0.05) is 6.26 Å². The average Bonchev–Trinajstić information content (AvgIpc) is 3.03. The Labute approximate surface area is 154 Å². The van der Waals surface area contributed by atoms with Crippen LogP contribution in [0.4, 0.5) is 0 Å². The average molecular weight is 402 g/mol. The van der Waals surface area contributed by atoms with Crippen molar-refractivity contribution >= 4 is 19.9 Å². The first-order valence-corrected chi connectivity index (χ1v) is 11.7. The van der Waals surface area contributed by atoms with Crippen LogP contribution < -0.4 is 4.72 Å². The van der Waals surface area contributed by atoms with E-state index in [4.69, 9.17) is 4.42 Å². The van der Waals surface area contributed by atoms with Gasteiger partial charge in [0.2, 0.25) is 25.8 Å². The summed E-state index contributed by atoms with van der Waals surface area (Å²) in [6.07, 6.45) is 1.71. The van der Waals surface area contributed by atoms with Crippen LogP contribution in [0.5, 0.6) is 0 Å². The molecule has 0 saturated heterocycles. The third-order valence-corrected chi connectivity index (χ3v) is 5.75. The summed E-state index contributed by atoms with van der Waals surface area (Å²) in [7, 11) is -7.28. The van der Waals surface area contributed by atoms with Crippen molar-refractivity contribution in [1.29, 1.82) is 0 Å². The minimum atomic E-state index is -3.65. The van der Waals surface area contributed by atoms with E-state index in [-0.39, 0.29) is 17.6 Å². The Morgan fingerprint density at radius 2 is 1.73 bits per heavy atom. The summed E-state index contributed by atoms with van der Waals surface area (Å²) >= 11 is 0. The highest BCUT2D eigenvalue weighted by atomic mass is 32.2. The summed E-state index contributed by atoms with van der Waals surface area (Å²) in [5.41, 5.74) is 0.912. The lowest BCUT2D eigenvalue weighted by Gasteiger charge is -2.17. The van der Waals surface area contributed by atoms with Crippen LogP contribution >= 0.6 is 0 Å². The van der Waals surface area contributed by atoms with Gasteiger partial charge in [-0.15, -0.1) is 5.10 Å². The molecule has 0 spiro atoms. The van der Waals surface area contributed by atoms with E-state index in [2.05, 4.69) is 14.9 Å². The third kappa shape index (κ3) is 6.19. The monoisotopic (exact) mass is 401 g/mol. The van der Waals surface area contributed by atoms with Crippen LogP contribution in [-0.2, 0) is 26.3 Å². The second-order valence-corrected chi connectivity index (χ2v) is 10.3. The van der Waals surface area contributed by atoms with E-state index in [0.29, 0.717) is 12.8 Å².